The van der Waals surface area contributed by atoms with Crippen LogP contribution >= 0.6 is 0 Å². The van der Waals surface area contributed by atoms with Crippen LogP contribution in [-0.4, -0.2) is 29.5 Å². The van der Waals surface area contributed by atoms with E-state index in [0.717, 1.165) is 12.1 Å². The van der Waals surface area contributed by atoms with E-state index in [-0.39, 0.29) is 12.5 Å². The van der Waals surface area contributed by atoms with Gasteiger partial charge in [-0.2, -0.15) is 13.2 Å². The molecule has 22 heavy (non-hydrogen) atoms. The molecule has 0 N–H and O–H groups in total. The highest BCUT2D eigenvalue weighted by Crippen LogP contribution is 2.31. The molecule has 0 aromatic heterocycles. The number of ether oxygens (including phenoxy) is 1. The molecular weight excluding hydrogens is 295 g/mol. The quantitative estimate of drug-likeness (QED) is 0.797. The van der Waals surface area contributed by atoms with Gasteiger partial charge in [0.1, 0.15) is 0 Å². The van der Waals surface area contributed by atoms with E-state index in [1.165, 1.54) is 12.1 Å². The van der Waals surface area contributed by atoms with Gasteiger partial charge in [0.2, 0.25) is 5.91 Å². The van der Waals surface area contributed by atoms with Crippen LogP contribution < -0.4 is 0 Å². The number of likely N-dealkylation sites (tertiary alicyclic amines) is 1. The van der Waals surface area contributed by atoms with Crippen molar-refractivity contribution in [1.29, 1.82) is 0 Å². The Morgan fingerprint density at radius 3 is 2.86 bits per heavy atom. The number of hydrogen-bond acceptors (Lipinski definition) is 2. The summed E-state index contributed by atoms with van der Waals surface area (Å²) in [5.74, 6) is -0.161. The maximum atomic E-state index is 12.7. The summed E-state index contributed by atoms with van der Waals surface area (Å²) in [6.07, 6.45) is -2.47. The zero-order valence-corrected chi connectivity index (χ0v) is 12.3. The summed E-state index contributed by atoms with van der Waals surface area (Å²) in [5, 5.41) is 0. The number of amides is 1. The van der Waals surface area contributed by atoms with Gasteiger partial charge in [-0.1, -0.05) is 18.7 Å². The van der Waals surface area contributed by atoms with Crippen molar-refractivity contribution in [1.82, 2.24) is 4.90 Å². The second-order valence-electron chi connectivity index (χ2n) is 5.65. The molecule has 1 aromatic carbocycles. The summed E-state index contributed by atoms with van der Waals surface area (Å²) in [6.45, 7) is 6.35. The van der Waals surface area contributed by atoms with Crippen LogP contribution in [0.15, 0.2) is 36.9 Å². The molecule has 0 aliphatic carbocycles. The number of benzene rings is 1. The maximum absolute atomic E-state index is 12.7. The normalized spacial score (nSPS) is 21.9. The van der Waals surface area contributed by atoms with Crippen molar-refractivity contribution in [2.75, 3.05) is 13.1 Å². The van der Waals surface area contributed by atoms with E-state index in [0.29, 0.717) is 25.1 Å². The Balaban J connectivity index is 1.99. The number of halogens is 3. The van der Waals surface area contributed by atoms with Crippen LogP contribution in [0.25, 0.3) is 0 Å². The second-order valence-corrected chi connectivity index (χ2v) is 5.65. The predicted molar refractivity (Wildman–Crippen MR) is 76.0 cm³/mol. The largest absolute Gasteiger partial charge is 0.416 e. The molecule has 1 saturated heterocycles. The number of hydrogen-bond donors (Lipinski definition) is 0. The molecule has 0 saturated carbocycles. The fourth-order valence-electron chi connectivity index (χ4n) is 2.46. The average Bonchev–Trinajstić information content (AvgIpc) is 2.87. The van der Waals surface area contributed by atoms with Crippen molar-refractivity contribution in [3.63, 3.8) is 0 Å². The smallest absolute Gasteiger partial charge is 0.369 e. The van der Waals surface area contributed by atoms with Crippen LogP contribution in [0.3, 0.4) is 0 Å². The third kappa shape index (κ3) is 3.88. The Morgan fingerprint density at radius 1 is 1.50 bits per heavy atom. The minimum absolute atomic E-state index is 0.0799. The molecular formula is C16H18F3NO2. The monoisotopic (exact) mass is 313 g/mol. The van der Waals surface area contributed by atoms with Crippen molar-refractivity contribution < 1.29 is 22.7 Å². The van der Waals surface area contributed by atoms with E-state index in [9.17, 15) is 18.0 Å². The minimum Gasteiger partial charge on any atom is -0.369 e. The minimum atomic E-state index is -4.36. The highest BCUT2D eigenvalue weighted by atomic mass is 19.4. The first-order valence-corrected chi connectivity index (χ1v) is 6.95. The van der Waals surface area contributed by atoms with Crippen LogP contribution in [0.4, 0.5) is 13.2 Å². The molecule has 1 aromatic rings. The molecule has 0 bridgehead atoms. The van der Waals surface area contributed by atoms with Crippen LogP contribution in [0.5, 0.6) is 0 Å². The highest BCUT2D eigenvalue weighted by molar-refractivity contribution is 5.87. The van der Waals surface area contributed by atoms with Crippen LogP contribution in [0.1, 0.15) is 24.5 Å². The SMILES string of the molecule is C=CC(=O)N1CCC(C)(OCc2cccc(C(F)(F)F)c2)C1. The van der Waals surface area contributed by atoms with Crippen molar-refractivity contribution in [2.24, 2.45) is 0 Å². The van der Waals surface area contributed by atoms with Gasteiger partial charge in [-0.15, -0.1) is 0 Å². The zero-order valence-electron chi connectivity index (χ0n) is 12.3. The lowest BCUT2D eigenvalue weighted by atomic mass is 10.1. The van der Waals surface area contributed by atoms with E-state index in [4.69, 9.17) is 4.74 Å². The van der Waals surface area contributed by atoms with Gasteiger partial charge in [-0.3, -0.25) is 4.79 Å². The number of rotatable bonds is 4. The van der Waals surface area contributed by atoms with Crippen molar-refractivity contribution in [3.8, 4) is 0 Å². The van der Waals surface area contributed by atoms with Crippen molar-refractivity contribution in [2.45, 2.75) is 31.7 Å². The predicted octanol–water partition coefficient (Wildman–Crippen LogP) is 3.40. The van der Waals surface area contributed by atoms with Crippen molar-refractivity contribution in [3.05, 3.63) is 48.0 Å². The summed E-state index contributed by atoms with van der Waals surface area (Å²) in [6, 6.07) is 5.09. The molecule has 0 radical (unpaired) electrons. The zero-order chi connectivity index (χ0) is 16.4. The Morgan fingerprint density at radius 2 is 2.23 bits per heavy atom. The van der Waals surface area contributed by atoms with Gasteiger partial charge in [0, 0.05) is 13.1 Å². The average molecular weight is 313 g/mol. The first kappa shape index (κ1) is 16.5. The summed E-state index contributed by atoms with van der Waals surface area (Å²) < 4.78 is 43.8. The Hall–Kier alpha value is -1.82. The molecule has 1 aliphatic rings. The molecule has 1 amide bonds. The molecule has 1 heterocycles. The molecule has 1 aliphatic heterocycles. The van der Waals surface area contributed by atoms with Crippen LogP contribution in [0.2, 0.25) is 0 Å². The Kier molecular flexibility index (Phi) is 4.60. The first-order valence-electron chi connectivity index (χ1n) is 6.95. The van der Waals surface area contributed by atoms with Crippen molar-refractivity contribution >= 4 is 5.91 Å². The highest BCUT2D eigenvalue weighted by Gasteiger charge is 2.36. The number of nitrogens with zero attached hydrogens (tertiary/aromatic N) is 1. The number of alkyl halides is 3. The third-order valence-corrected chi connectivity index (χ3v) is 3.76. The van der Waals surface area contributed by atoms with E-state index >= 15 is 0 Å². The maximum Gasteiger partial charge on any atom is 0.416 e. The molecule has 2 rings (SSSR count). The fourth-order valence-corrected chi connectivity index (χ4v) is 2.46. The van der Waals surface area contributed by atoms with Gasteiger partial charge < -0.3 is 9.64 Å². The summed E-state index contributed by atoms with van der Waals surface area (Å²) in [4.78, 5) is 13.2. The third-order valence-electron chi connectivity index (χ3n) is 3.76. The summed E-state index contributed by atoms with van der Waals surface area (Å²) >= 11 is 0. The molecule has 1 unspecified atom stereocenters. The second kappa shape index (κ2) is 6.12. The molecule has 3 nitrogen and oxygen atoms in total. The van der Waals surface area contributed by atoms with Gasteiger partial charge in [0.25, 0.3) is 0 Å². The van der Waals surface area contributed by atoms with Gasteiger partial charge >= 0.3 is 6.18 Å². The van der Waals surface area contributed by atoms with Gasteiger partial charge in [-0.25, -0.2) is 0 Å². The number of carbonyl (C=O) groups is 1. The van der Waals surface area contributed by atoms with Gasteiger partial charge in [0.05, 0.1) is 17.8 Å². The van der Waals surface area contributed by atoms with E-state index in [1.54, 1.807) is 11.0 Å². The van der Waals surface area contributed by atoms with Crippen LogP contribution in [-0.2, 0) is 22.3 Å². The lowest BCUT2D eigenvalue weighted by Crippen LogP contribution is -2.35. The molecule has 120 valence electrons. The molecule has 1 fully saturated rings. The lowest BCUT2D eigenvalue weighted by Gasteiger charge is -2.25. The number of carbonyl (C=O) groups excluding carboxylic acids is 1. The Labute approximate surface area is 127 Å². The van der Waals surface area contributed by atoms with Gasteiger partial charge in [0.15, 0.2) is 0 Å². The summed E-state index contributed by atoms with van der Waals surface area (Å²) in [5.41, 5.74) is -0.773. The molecule has 1 atom stereocenters. The van der Waals surface area contributed by atoms with E-state index < -0.39 is 17.3 Å². The topological polar surface area (TPSA) is 29.5 Å². The summed E-state index contributed by atoms with van der Waals surface area (Å²) in [7, 11) is 0. The Bertz CT molecular complexity index is 571. The van der Waals surface area contributed by atoms with Gasteiger partial charge in [-0.05, 0) is 37.1 Å². The molecule has 6 heteroatoms. The lowest BCUT2D eigenvalue weighted by molar-refractivity contribution is -0.137. The van der Waals surface area contributed by atoms with Crippen LogP contribution in [0, 0.1) is 0 Å². The standard InChI is InChI=1S/C16H18F3NO2/c1-3-14(21)20-8-7-15(2,11-20)22-10-12-5-4-6-13(9-12)16(17,18)19/h3-6,9H,1,7-8,10-11H2,2H3. The van der Waals surface area contributed by atoms with E-state index in [2.05, 4.69) is 6.58 Å². The van der Waals surface area contributed by atoms with E-state index in [1.807, 2.05) is 6.92 Å². The fraction of sp³-hybridized carbons (Fsp3) is 0.438. The molecule has 0 spiro atoms. The first-order chi connectivity index (χ1) is 10.2.